The van der Waals surface area contributed by atoms with Gasteiger partial charge >= 0.3 is 0 Å². The van der Waals surface area contributed by atoms with Gasteiger partial charge in [0, 0.05) is 27.3 Å². The van der Waals surface area contributed by atoms with Gasteiger partial charge in [-0.25, -0.2) is 0 Å². The molecule has 0 aromatic carbocycles. The van der Waals surface area contributed by atoms with Crippen LogP contribution in [0.3, 0.4) is 0 Å². The molecule has 180 valence electrons. The number of carbonyl (C=O) groups excluding carboxylic acids is 4. The first kappa shape index (κ1) is 40.1. The number of carboxylic acids is 4. The molecule has 9 heteroatoms. The second-order valence-corrected chi connectivity index (χ2v) is 4.82. The molecule has 33 heavy (non-hydrogen) atoms. The third-order valence-corrected chi connectivity index (χ3v) is 2.14. The van der Waals surface area contributed by atoms with Crippen molar-refractivity contribution in [2.24, 2.45) is 0 Å². The quantitative estimate of drug-likeness (QED) is 0.185. The fourth-order valence-corrected chi connectivity index (χ4v) is 0.981. The van der Waals surface area contributed by atoms with Crippen molar-refractivity contribution in [1.29, 1.82) is 0 Å². The Labute approximate surface area is 215 Å². The van der Waals surface area contributed by atoms with Crippen molar-refractivity contribution >= 4 is 51.2 Å². The molecule has 0 saturated heterocycles. The van der Waals surface area contributed by atoms with Gasteiger partial charge in [-0.3, -0.25) is 0 Å². The zero-order chi connectivity index (χ0) is 25.6. The Morgan fingerprint density at radius 2 is 0.545 bits per heavy atom. The monoisotopic (exact) mass is 652 g/mol. The van der Waals surface area contributed by atoms with E-state index in [2.05, 4.69) is 0 Å². The second-order valence-electron chi connectivity index (χ2n) is 4.82. The number of aliphatic carboxylic acids is 4. The van der Waals surface area contributed by atoms with Gasteiger partial charge in [0.2, 0.25) is 0 Å². The zero-order valence-electron chi connectivity index (χ0n) is 19.0. The van der Waals surface area contributed by atoms with Crippen molar-refractivity contribution in [3.8, 4) is 0 Å². The van der Waals surface area contributed by atoms with Crippen LogP contribution in [0.15, 0.2) is 97.2 Å². The zero-order valence-corrected chi connectivity index (χ0v) is 22.9. The van der Waals surface area contributed by atoms with Crippen LogP contribution in [0.25, 0.3) is 0 Å². The minimum Gasteiger partial charge on any atom is -0.545 e. The summed E-state index contributed by atoms with van der Waals surface area (Å²) in [6.45, 7) is 7.22. The van der Waals surface area contributed by atoms with Crippen LogP contribution in [0.4, 0.5) is 0 Å². The van der Waals surface area contributed by atoms with E-state index in [0.717, 1.165) is 24.3 Å². The van der Waals surface area contributed by atoms with Gasteiger partial charge in [0.25, 0.3) is 0 Å². The summed E-state index contributed by atoms with van der Waals surface area (Å²) < 4.78 is 0. The van der Waals surface area contributed by atoms with Gasteiger partial charge in [-0.2, -0.15) is 0 Å². The predicted octanol–water partition coefficient (Wildman–Crippen LogP) is -0.906. The molecule has 0 aromatic rings. The molecule has 0 bridgehead atoms. The maximum atomic E-state index is 9.64. The third kappa shape index (κ3) is 73.3. The number of hydrogen-bond acceptors (Lipinski definition) is 8. The van der Waals surface area contributed by atoms with Gasteiger partial charge in [0.15, 0.2) is 0 Å². The van der Waals surface area contributed by atoms with Gasteiger partial charge in [0.1, 0.15) is 0 Å². The Morgan fingerprint density at radius 3 is 0.636 bits per heavy atom. The van der Waals surface area contributed by atoms with E-state index in [1.807, 2.05) is 0 Å². The summed E-state index contributed by atoms with van der Waals surface area (Å²) in [6, 6.07) is 0. The first-order chi connectivity index (χ1) is 15.1. The van der Waals surface area contributed by atoms with Crippen LogP contribution in [0, 0.1) is 0 Å². The summed E-state index contributed by atoms with van der Waals surface area (Å²) in [4.78, 5) is 38.6. The molecule has 0 aliphatic rings. The van der Waals surface area contributed by atoms with E-state index in [9.17, 15) is 39.6 Å². The topological polar surface area (TPSA) is 161 Å². The molecule has 0 unspecified atom stereocenters. The summed E-state index contributed by atoms with van der Waals surface area (Å²) in [6.07, 6.45) is 23.0. The van der Waals surface area contributed by atoms with Crippen molar-refractivity contribution in [3.05, 3.63) is 97.2 Å². The van der Waals surface area contributed by atoms with E-state index in [-0.39, 0.29) is 27.3 Å². The minimum atomic E-state index is -1.16. The number of hydrogen-bond donors (Lipinski definition) is 0. The van der Waals surface area contributed by atoms with Crippen molar-refractivity contribution in [2.75, 3.05) is 0 Å². The number of rotatable bonds is 8. The van der Waals surface area contributed by atoms with Crippen molar-refractivity contribution < 1.29 is 39.6 Å². The normalized spacial score (nSPS) is 10.8. The molecule has 0 N–H and O–H groups in total. The van der Waals surface area contributed by atoms with E-state index >= 15 is 0 Å². The molecule has 0 amide bonds. The van der Waals surface area contributed by atoms with E-state index in [0.29, 0.717) is 0 Å². The fourth-order valence-electron chi connectivity index (χ4n) is 0.981. The minimum absolute atomic E-state index is 0. The van der Waals surface area contributed by atoms with Crippen molar-refractivity contribution in [2.45, 2.75) is 27.7 Å². The van der Waals surface area contributed by atoms with E-state index in [4.69, 9.17) is 0 Å². The maximum Gasteiger partial charge on any atom is 0.0642 e. The molecule has 0 saturated carbocycles. The SMILES string of the molecule is C/C=C/C=C/C(=O)[O-].C/C=C/C=C/C(=O)[O-].C/C=C/C=C/C(=O)[O-].C/C=C/C=C/C(=O)[O-].[Pb]. The van der Waals surface area contributed by atoms with Crippen LogP contribution < -0.4 is 20.4 Å². The second kappa shape index (κ2) is 36.1. The molecule has 0 aliphatic heterocycles. The van der Waals surface area contributed by atoms with E-state index < -0.39 is 23.9 Å². The summed E-state index contributed by atoms with van der Waals surface area (Å²) in [5, 5.41) is 38.6. The molecule has 0 heterocycles. The molecule has 8 nitrogen and oxygen atoms in total. The summed E-state index contributed by atoms with van der Waals surface area (Å²) in [7, 11) is 0. The third-order valence-electron chi connectivity index (χ3n) is 2.14. The van der Waals surface area contributed by atoms with Crippen LogP contribution in [0.5, 0.6) is 0 Å². The molecule has 0 rings (SSSR count). The molecular formula is C24H28O8Pb-4. The Balaban J connectivity index is -0.000000105. The van der Waals surface area contributed by atoms with Gasteiger partial charge in [-0.1, -0.05) is 72.9 Å². The van der Waals surface area contributed by atoms with Crippen LogP contribution in [-0.4, -0.2) is 51.2 Å². The smallest absolute Gasteiger partial charge is 0.0642 e. The Hall–Kier alpha value is -3.28. The Morgan fingerprint density at radius 1 is 0.394 bits per heavy atom. The van der Waals surface area contributed by atoms with Crippen LogP contribution in [0.2, 0.25) is 0 Å². The molecular weight excluding hydrogens is 623 g/mol. The largest absolute Gasteiger partial charge is 0.545 e. The van der Waals surface area contributed by atoms with Crippen LogP contribution in [0.1, 0.15) is 27.7 Å². The standard InChI is InChI=1S/4C6H8O2.Pb/c4*1-2-3-4-5-6(7)8;/h4*2-5H,1H3,(H,7,8);/p-4/b4*3-2+,5-4+;. The van der Waals surface area contributed by atoms with Gasteiger partial charge in [-0.05, 0) is 52.0 Å². The number of carbonyl (C=O) groups is 4. The molecule has 4 radical (unpaired) electrons. The molecule has 0 atom stereocenters. The Kier molecular flexibility index (Phi) is 43.9. The maximum absolute atomic E-state index is 9.64. The average molecular weight is 652 g/mol. The molecule has 0 fully saturated rings. The van der Waals surface area contributed by atoms with Gasteiger partial charge in [0.05, 0.1) is 23.9 Å². The summed E-state index contributed by atoms with van der Waals surface area (Å²) in [5.41, 5.74) is 0. The first-order valence-electron chi connectivity index (χ1n) is 9.10. The van der Waals surface area contributed by atoms with Gasteiger partial charge in [-0.15, -0.1) is 0 Å². The first-order valence-corrected chi connectivity index (χ1v) is 9.10. The number of carboxylic acid groups (broad SMARTS) is 4. The average Bonchev–Trinajstić information content (AvgIpc) is 2.69. The number of allylic oxidation sites excluding steroid dienone is 12. The molecule has 0 spiro atoms. The summed E-state index contributed by atoms with van der Waals surface area (Å²) >= 11 is 0. The van der Waals surface area contributed by atoms with Crippen molar-refractivity contribution in [1.82, 2.24) is 0 Å². The van der Waals surface area contributed by atoms with E-state index in [1.165, 1.54) is 24.3 Å². The van der Waals surface area contributed by atoms with Crippen molar-refractivity contribution in [3.63, 3.8) is 0 Å². The predicted molar refractivity (Wildman–Crippen MR) is 122 cm³/mol. The summed E-state index contributed by atoms with van der Waals surface area (Å²) in [5.74, 6) is -4.66. The molecule has 0 aromatic heterocycles. The fraction of sp³-hybridized carbons (Fsp3) is 0.167. The Bertz CT molecular complexity index is 624. The van der Waals surface area contributed by atoms with E-state index in [1.54, 1.807) is 76.3 Å². The van der Waals surface area contributed by atoms with Gasteiger partial charge < -0.3 is 39.6 Å². The van der Waals surface area contributed by atoms with Crippen LogP contribution in [-0.2, 0) is 19.2 Å². The van der Waals surface area contributed by atoms with Crippen LogP contribution >= 0.6 is 0 Å². The molecule has 0 aliphatic carbocycles.